The van der Waals surface area contributed by atoms with Crippen LogP contribution in [0.15, 0.2) is 11.6 Å². The number of carbonyl (C=O) groups is 1. The monoisotopic (exact) mass is 184 g/mol. The number of amides is 1. The summed E-state index contributed by atoms with van der Waals surface area (Å²) in [5.41, 5.74) is 6.29. The molecule has 0 saturated carbocycles. The van der Waals surface area contributed by atoms with Gasteiger partial charge < -0.3 is 10.6 Å². The maximum absolute atomic E-state index is 11.6. The van der Waals surface area contributed by atoms with E-state index in [1.54, 1.807) is 18.0 Å². The third kappa shape index (κ3) is 3.59. The number of likely N-dealkylation sites (N-methyl/N-ethyl adjacent to an activating group) is 1. The number of carbonyl (C=O) groups excluding carboxylic acids is 1. The van der Waals surface area contributed by atoms with Gasteiger partial charge in [-0.05, 0) is 27.7 Å². The summed E-state index contributed by atoms with van der Waals surface area (Å²) in [4.78, 5) is 13.2. The molecule has 0 atom stereocenters. The Morgan fingerprint density at radius 1 is 1.46 bits per heavy atom. The Kier molecular flexibility index (Phi) is 4.14. The average molecular weight is 184 g/mol. The lowest BCUT2D eigenvalue weighted by Gasteiger charge is -2.33. The molecule has 0 fully saturated rings. The molecule has 0 saturated heterocycles. The third-order valence-corrected chi connectivity index (χ3v) is 2.15. The lowest BCUT2D eigenvalue weighted by atomic mass is 10.0. The summed E-state index contributed by atoms with van der Waals surface area (Å²) >= 11 is 0. The maximum Gasteiger partial charge on any atom is 0.246 e. The minimum Gasteiger partial charge on any atom is -0.336 e. The van der Waals surface area contributed by atoms with Crippen molar-refractivity contribution in [2.75, 3.05) is 13.6 Å². The predicted molar refractivity (Wildman–Crippen MR) is 55.3 cm³/mol. The maximum atomic E-state index is 11.6. The lowest BCUT2D eigenvalue weighted by Crippen LogP contribution is -2.49. The van der Waals surface area contributed by atoms with Gasteiger partial charge in [-0.3, -0.25) is 4.79 Å². The van der Waals surface area contributed by atoms with E-state index < -0.39 is 0 Å². The number of rotatable bonds is 3. The van der Waals surface area contributed by atoms with Crippen LogP contribution in [0.4, 0.5) is 0 Å². The molecule has 0 aromatic carbocycles. The fourth-order valence-electron chi connectivity index (χ4n) is 0.779. The number of allylic oxidation sites excluding steroid dienone is 1. The topological polar surface area (TPSA) is 46.3 Å². The molecule has 3 heteroatoms. The van der Waals surface area contributed by atoms with E-state index in [0.29, 0.717) is 6.54 Å². The zero-order chi connectivity index (χ0) is 10.6. The Balaban J connectivity index is 4.52. The van der Waals surface area contributed by atoms with Crippen LogP contribution < -0.4 is 5.73 Å². The van der Waals surface area contributed by atoms with Crippen molar-refractivity contribution in [1.82, 2.24) is 4.90 Å². The van der Waals surface area contributed by atoms with E-state index in [4.69, 9.17) is 5.73 Å². The first-order valence-corrected chi connectivity index (χ1v) is 4.44. The highest BCUT2D eigenvalue weighted by Crippen LogP contribution is 2.11. The van der Waals surface area contributed by atoms with Gasteiger partial charge in [0.1, 0.15) is 0 Å². The van der Waals surface area contributed by atoms with Crippen LogP contribution in [0.2, 0.25) is 0 Å². The molecule has 0 aliphatic carbocycles. The Bertz CT molecular complexity index is 215. The van der Waals surface area contributed by atoms with E-state index in [2.05, 4.69) is 0 Å². The van der Waals surface area contributed by atoms with E-state index >= 15 is 0 Å². The normalized spacial score (nSPS) is 10.9. The van der Waals surface area contributed by atoms with Crippen LogP contribution in [0, 0.1) is 0 Å². The first kappa shape index (κ1) is 12.2. The van der Waals surface area contributed by atoms with Crippen molar-refractivity contribution in [3.63, 3.8) is 0 Å². The predicted octanol–water partition coefficient (Wildman–Crippen LogP) is 1.15. The molecular weight excluding hydrogens is 164 g/mol. The highest BCUT2D eigenvalue weighted by molar-refractivity contribution is 5.88. The minimum atomic E-state index is -0.275. The molecule has 0 aliphatic rings. The van der Waals surface area contributed by atoms with Crippen LogP contribution >= 0.6 is 0 Å². The fourth-order valence-corrected chi connectivity index (χ4v) is 0.779. The summed E-state index contributed by atoms with van der Waals surface area (Å²) in [5, 5.41) is 0. The number of nitrogens with two attached hydrogens (primary N) is 1. The van der Waals surface area contributed by atoms with Gasteiger partial charge in [0.15, 0.2) is 0 Å². The highest BCUT2D eigenvalue weighted by Gasteiger charge is 2.24. The molecule has 0 heterocycles. The van der Waals surface area contributed by atoms with Crippen LogP contribution in [0.1, 0.15) is 27.7 Å². The van der Waals surface area contributed by atoms with Gasteiger partial charge in [0.05, 0.1) is 0 Å². The van der Waals surface area contributed by atoms with Crippen molar-refractivity contribution in [1.29, 1.82) is 0 Å². The molecule has 13 heavy (non-hydrogen) atoms. The standard InChI is InChI=1S/C10H20N2O/c1-8(2)6-9(13)12(5)10(3,4)7-11/h6H,7,11H2,1-5H3. The van der Waals surface area contributed by atoms with E-state index in [-0.39, 0.29) is 11.4 Å². The lowest BCUT2D eigenvalue weighted by molar-refractivity contribution is -0.129. The highest BCUT2D eigenvalue weighted by atomic mass is 16.2. The van der Waals surface area contributed by atoms with Crippen LogP contribution in [-0.2, 0) is 4.79 Å². The first-order valence-electron chi connectivity index (χ1n) is 4.44. The largest absolute Gasteiger partial charge is 0.336 e. The van der Waals surface area contributed by atoms with E-state index in [9.17, 15) is 4.79 Å². The van der Waals surface area contributed by atoms with Crippen LogP contribution in [0.3, 0.4) is 0 Å². The molecular formula is C10H20N2O. The van der Waals surface area contributed by atoms with Crippen molar-refractivity contribution in [2.24, 2.45) is 5.73 Å². The summed E-state index contributed by atoms with van der Waals surface area (Å²) in [7, 11) is 1.77. The Hall–Kier alpha value is -0.830. The Labute approximate surface area is 80.6 Å². The van der Waals surface area contributed by atoms with Gasteiger partial charge in [-0.15, -0.1) is 0 Å². The van der Waals surface area contributed by atoms with Gasteiger partial charge in [-0.25, -0.2) is 0 Å². The Morgan fingerprint density at radius 3 is 2.23 bits per heavy atom. The second kappa shape index (κ2) is 4.42. The molecule has 3 nitrogen and oxygen atoms in total. The molecule has 0 aliphatic heterocycles. The molecule has 1 amide bonds. The first-order chi connectivity index (χ1) is 5.81. The number of hydrogen-bond acceptors (Lipinski definition) is 2. The van der Waals surface area contributed by atoms with E-state index in [0.717, 1.165) is 5.57 Å². The smallest absolute Gasteiger partial charge is 0.246 e. The molecule has 2 N–H and O–H groups in total. The van der Waals surface area contributed by atoms with Crippen molar-refractivity contribution < 1.29 is 4.79 Å². The summed E-state index contributed by atoms with van der Waals surface area (Å²) < 4.78 is 0. The van der Waals surface area contributed by atoms with Gasteiger partial charge in [0.25, 0.3) is 0 Å². The van der Waals surface area contributed by atoms with Gasteiger partial charge in [0.2, 0.25) is 5.91 Å². The Morgan fingerprint density at radius 2 is 1.92 bits per heavy atom. The SMILES string of the molecule is CC(C)=CC(=O)N(C)C(C)(C)CN. The van der Waals surface area contributed by atoms with Crippen LogP contribution in [0.5, 0.6) is 0 Å². The number of nitrogens with zero attached hydrogens (tertiary/aromatic N) is 1. The third-order valence-electron chi connectivity index (χ3n) is 2.15. The summed E-state index contributed by atoms with van der Waals surface area (Å²) in [6.45, 7) is 8.17. The zero-order valence-electron chi connectivity index (χ0n) is 9.22. The molecule has 0 aromatic rings. The van der Waals surface area contributed by atoms with Crippen molar-refractivity contribution >= 4 is 5.91 Å². The molecule has 0 rings (SSSR count). The zero-order valence-corrected chi connectivity index (χ0v) is 9.22. The average Bonchev–Trinajstić information content (AvgIpc) is 2.01. The summed E-state index contributed by atoms with van der Waals surface area (Å²) in [6, 6.07) is 0. The molecule has 0 spiro atoms. The fraction of sp³-hybridized carbons (Fsp3) is 0.700. The quantitative estimate of drug-likeness (QED) is 0.669. The van der Waals surface area contributed by atoms with Crippen molar-refractivity contribution in [3.05, 3.63) is 11.6 Å². The second-order valence-electron chi connectivity index (χ2n) is 4.14. The van der Waals surface area contributed by atoms with Gasteiger partial charge >= 0.3 is 0 Å². The van der Waals surface area contributed by atoms with E-state index in [1.807, 2.05) is 27.7 Å². The van der Waals surface area contributed by atoms with Crippen LogP contribution in [0.25, 0.3) is 0 Å². The molecule has 0 radical (unpaired) electrons. The molecule has 0 aromatic heterocycles. The van der Waals surface area contributed by atoms with Crippen LogP contribution in [-0.4, -0.2) is 29.9 Å². The summed E-state index contributed by atoms with van der Waals surface area (Å²) in [5.74, 6) is 0.00968. The van der Waals surface area contributed by atoms with Gasteiger partial charge in [-0.1, -0.05) is 5.57 Å². The van der Waals surface area contributed by atoms with Gasteiger partial charge in [0, 0.05) is 25.2 Å². The van der Waals surface area contributed by atoms with Gasteiger partial charge in [-0.2, -0.15) is 0 Å². The number of hydrogen-bond donors (Lipinski definition) is 1. The second-order valence-corrected chi connectivity index (χ2v) is 4.14. The van der Waals surface area contributed by atoms with Crippen molar-refractivity contribution in [2.45, 2.75) is 33.2 Å². The molecule has 0 bridgehead atoms. The summed E-state index contributed by atoms with van der Waals surface area (Å²) in [6.07, 6.45) is 1.62. The van der Waals surface area contributed by atoms with E-state index in [1.165, 1.54) is 0 Å². The minimum absolute atomic E-state index is 0.00968. The van der Waals surface area contributed by atoms with Crippen molar-refractivity contribution in [3.8, 4) is 0 Å². The molecule has 0 unspecified atom stereocenters. The molecule has 76 valence electrons.